The van der Waals surface area contributed by atoms with Crippen molar-refractivity contribution in [1.82, 2.24) is 0 Å². The van der Waals surface area contributed by atoms with Gasteiger partial charge in [-0.05, 0) is 36.2 Å². The van der Waals surface area contributed by atoms with E-state index in [9.17, 15) is 13.2 Å². The van der Waals surface area contributed by atoms with Gasteiger partial charge < -0.3 is 11.1 Å². The van der Waals surface area contributed by atoms with Crippen molar-refractivity contribution < 1.29 is 13.2 Å². The molecule has 0 spiro atoms. The van der Waals surface area contributed by atoms with Crippen molar-refractivity contribution in [2.45, 2.75) is 31.2 Å². The number of para-hydroxylation sites is 1. The molecule has 0 aliphatic rings. The second kappa shape index (κ2) is 8.13. The number of nitrogens with one attached hydrogen (secondary N) is 2. The summed E-state index contributed by atoms with van der Waals surface area (Å²) in [5.74, 6) is -0.299. The molecule has 0 fully saturated rings. The Morgan fingerprint density at radius 1 is 1.08 bits per heavy atom. The fraction of sp³-hybridized carbons (Fsp3) is 0.278. The number of rotatable bonds is 7. The molecule has 0 aromatic heterocycles. The third kappa shape index (κ3) is 5.04. The van der Waals surface area contributed by atoms with E-state index in [-0.39, 0.29) is 16.7 Å². The Bertz CT molecular complexity index is 822. The fourth-order valence-electron chi connectivity index (χ4n) is 2.20. The van der Waals surface area contributed by atoms with Gasteiger partial charge >= 0.3 is 0 Å². The highest BCUT2D eigenvalue weighted by Crippen LogP contribution is 2.19. The molecule has 2 atom stereocenters. The summed E-state index contributed by atoms with van der Waals surface area (Å²) in [6, 6.07) is 14.0. The number of carbonyl (C=O) groups excluding carboxylic acids is 1. The molecule has 2 rings (SSSR count). The zero-order valence-electron chi connectivity index (χ0n) is 14.3. The molecule has 6 nitrogen and oxygen atoms in total. The molecule has 0 aliphatic heterocycles. The second-order valence-electron chi connectivity index (χ2n) is 5.90. The summed E-state index contributed by atoms with van der Waals surface area (Å²) in [5.41, 5.74) is 6.76. The van der Waals surface area contributed by atoms with Crippen LogP contribution in [0, 0.1) is 5.92 Å². The van der Waals surface area contributed by atoms with E-state index in [1.807, 2.05) is 13.8 Å². The Balaban J connectivity index is 2.16. The molecule has 134 valence electrons. The maximum absolute atomic E-state index is 12.5. The Morgan fingerprint density at radius 2 is 1.72 bits per heavy atom. The number of sulfonamides is 1. The van der Waals surface area contributed by atoms with Crippen LogP contribution in [0.1, 0.15) is 20.3 Å². The van der Waals surface area contributed by atoms with E-state index in [0.717, 1.165) is 6.42 Å². The van der Waals surface area contributed by atoms with Gasteiger partial charge in [0, 0.05) is 11.4 Å². The standard InChI is InChI=1S/C18H23N3O3S/c1-3-13(2)17(19)18(22)20-15-10-7-11-16(12-15)25(23,24)21-14-8-5-4-6-9-14/h4-13,17,21H,3,19H2,1-2H3,(H,20,22). The molecule has 0 bridgehead atoms. The highest BCUT2D eigenvalue weighted by atomic mass is 32.2. The largest absolute Gasteiger partial charge is 0.325 e. The molecular weight excluding hydrogens is 338 g/mol. The lowest BCUT2D eigenvalue weighted by Gasteiger charge is -2.18. The van der Waals surface area contributed by atoms with Gasteiger partial charge in [-0.3, -0.25) is 9.52 Å². The first-order valence-corrected chi connectivity index (χ1v) is 9.56. The van der Waals surface area contributed by atoms with Gasteiger partial charge in [0.05, 0.1) is 10.9 Å². The molecule has 0 heterocycles. The fourth-order valence-corrected chi connectivity index (χ4v) is 3.30. The molecular formula is C18H23N3O3S. The molecule has 2 unspecified atom stereocenters. The summed E-state index contributed by atoms with van der Waals surface area (Å²) in [4.78, 5) is 12.2. The van der Waals surface area contributed by atoms with Crippen LogP contribution in [0.25, 0.3) is 0 Å². The van der Waals surface area contributed by atoms with Crippen LogP contribution in [0.15, 0.2) is 59.5 Å². The lowest BCUT2D eigenvalue weighted by molar-refractivity contribution is -0.118. The van der Waals surface area contributed by atoms with E-state index < -0.39 is 16.1 Å². The highest BCUT2D eigenvalue weighted by molar-refractivity contribution is 7.92. The molecule has 0 radical (unpaired) electrons. The average Bonchev–Trinajstić information content (AvgIpc) is 2.61. The predicted octanol–water partition coefficient (Wildman–Crippen LogP) is 2.80. The number of hydrogen-bond acceptors (Lipinski definition) is 4. The number of benzene rings is 2. The maximum atomic E-state index is 12.5. The molecule has 2 aromatic carbocycles. The molecule has 2 aromatic rings. The summed E-state index contributed by atoms with van der Waals surface area (Å²) in [6.45, 7) is 3.86. The van der Waals surface area contributed by atoms with Crippen LogP contribution in [-0.4, -0.2) is 20.4 Å². The van der Waals surface area contributed by atoms with Gasteiger partial charge in [-0.25, -0.2) is 8.42 Å². The predicted molar refractivity (Wildman–Crippen MR) is 99.8 cm³/mol. The van der Waals surface area contributed by atoms with Crippen LogP contribution in [-0.2, 0) is 14.8 Å². The Labute approximate surface area is 148 Å². The van der Waals surface area contributed by atoms with E-state index in [2.05, 4.69) is 10.0 Å². The van der Waals surface area contributed by atoms with Crippen molar-refractivity contribution >= 4 is 27.3 Å². The first-order chi connectivity index (χ1) is 11.8. The lowest BCUT2D eigenvalue weighted by atomic mass is 9.99. The van der Waals surface area contributed by atoms with E-state index in [0.29, 0.717) is 11.4 Å². The zero-order valence-corrected chi connectivity index (χ0v) is 15.1. The highest BCUT2D eigenvalue weighted by Gasteiger charge is 2.20. The summed E-state index contributed by atoms with van der Waals surface area (Å²) in [5, 5.41) is 2.68. The molecule has 0 aliphatic carbocycles. The number of nitrogens with two attached hydrogens (primary N) is 1. The number of carbonyl (C=O) groups is 1. The third-order valence-electron chi connectivity index (χ3n) is 4.00. The number of anilines is 2. The van der Waals surface area contributed by atoms with Crippen molar-refractivity contribution in [3.63, 3.8) is 0 Å². The minimum Gasteiger partial charge on any atom is -0.325 e. The number of amides is 1. The third-order valence-corrected chi connectivity index (χ3v) is 5.38. The van der Waals surface area contributed by atoms with Gasteiger partial charge in [0.15, 0.2) is 0 Å². The van der Waals surface area contributed by atoms with Crippen LogP contribution in [0.5, 0.6) is 0 Å². The average molecular weight is 361 g/mol. The Morgan fingerprint density at radius 3 is 2.36 bits per heavy atom. The quantitative estimate of drug-likeness (QED) is 0.706. The van der Waals surface area contributed by atoms with E-state index in [1.165, 1.54) is 12.1 Å². The van der Waals surface area contributed by atoms with Gasteiger partial charge in [0.2, 0.25) is 5.91 Å². The number of hydrogen-bond donors (Lipinski definition) is 3. The first kappa shape index (κ1) is 19.0. The molecule has 7 heteroatoms. The van der Waals surface area contributed by atoms with Gasteiger partial charge in [-0.1, -0.05) is 44.5 Å². The minimum atomic E-state index is -3.75. The lowest BCUT2D eigenvalue weighted by Crippen LogP contribution is -2.40. The topological polar surface area (TPSA) is 101 Å². The zero-order chi connectivity index (χ0) is 18.4. The van der Waals surface area contributed by atoms with Crippen LogP contribution in [0.4, 0.5) is 11.4 Å². The van der Waals surface area contributed by atoms with E-state index >= 15 is 0 Å². The molecule has 25 heavy (non-hydrogen) atoms. The van der Waals surface area contributed by atoms with Crippen molar-refractivity contribution in [3.05, 3.63) is 54.6 Å². The van der Waals surface area contributed by atoms with Gasteiger partial charge in [-0.2, -0.15) is 0 Å². The van der Waals surface area contributed by atoms with E-state index in [4.69, 9.17) is 5.73 Å². The Kier molecular flexibility index (Phi) is 6.17. The van der Waals surface area contributed by atoms with Gasteiger partial charge in [0.1, 0.15) is 0 Å². The van der Waals surface area contributed by atoms with Gasteiger partial charge in [-0.15, -0.1) is 0 Å². The van der Waals surface area contributed by atoms with E-state index in [1.54, 1.807) is 42.5 Å². The summed E-state index contributed by atoms with van der Waals surface area (Å²) >= 11 is 0. The monoisotopic (exact) mass is 361 g/mol. The SMILES string of the molecule is CCC(C)C(N)C(=O)Nc1cccc(S(=O)(=O)Nc2ccccc2)c1. The second-order valence-corrected chi connectivity index (χ2v) is 7.58. The van der Waals surface area contributed by atoms with Crippen LogP contribution in [0.2, 0.25) is 0 Å². The first-order valence-electron chi connectivity index (χ1n) is 8.08. The Hall–Kier alpha value is -2.38. The van der Waals surface area contributed by atoms with Gasteiger partial charge in [0.25, 0.3) is 10.0 Å². The summed E-state index contributed by atoms with van der Waals surface area (Å²) in [6.07, 6.45) is 0.782. The summed E-state index contributed by atoms with van der Waals surface area (Å²) in [7, 11) is -3.75. The van der Waals surface area contributed by atoms with Crippen molar-refractivity contribution in [2.24, 2.45) is 11.7 Å². The van der Waals surface area contributed by atoms with Crippen molar-refractivity contribution in [1.29, 1.82) is 0 Å². The van der Waals surface area contributed by atoms with Crippen LogP contribution >= 0.6 is 0 Å². The molecule has 1 amide bonds. The van der Waals surface area contributed by atoms with Crippen LogP contribution < -0.4 is 15.8 Å². The summed E-state index contributed by atoms with van der Waals surface area (Å²) < 4.78 is 27.5. The molecule has 0 saturated carbocycles. The normalized spacial score (nSPS) is 13.7. The minimum absolute atomic E-state index is 0.0339. The molecule has 0 saturated heterocycles. The van der Waals surface area contributed by atoms with Crippen molar-refractivity contribution in [3.8, 4) is 0 Å². The smallest absolute Gasteiger partial charge is 0.261 e. The van der Waals surface area contributed by atoms with Crippen molar-refractivity contribution in [2.75, 3.05) is 10.0 Å². The maximum Gasteiger partial charge on any atom is 0.261 e. The van der Waals surface area contributed by atoms with Crippen LogP contribution in [0.3, 0.4) is 0 Å². The molecule has 4 N–H and O–H groups in total.